The number of rotatable bonds is 6. The highest BCUT2D eigenvalue weighted by Crippen LogP contribution is 2.20. The number of benzene rings is 1. The fourth-order valence-electron chi connectivity index (χ4n) is 2.78. The van der Waals surface area contributed by atoms with E-state index in [0.29, 0.717) is 17.1 Å². The normalized spacial score (nSPS) is 10.9. The van der Waals surface area contributed by atoms with E-state index in [9.17, 15) is 4.79 Å². The zero-order valence-electron chi connectivity index (χ0n) is 14.7. The number of hydrogen-bond acceptors (Lipinski definition) is 5. The standard InChI is InChI=1S/C19H18N6O2/c1-13-5-4-8-25-10-14(23-18(13)25)11-27-16-7-3-2-6-15(16)19(26)20-9-17-21-12-22-24-17/h2-8,10,12H,9,11H2,1H3,(H,20,26)(H,21,22,24). The van der Waals surface area contributed by atoms with Crippen molar-refractivity contribution in [2.45, 2.75) is 20.1 Å². The number of nitrogens with one attached hydrogen (secondary N) is 2. The van der Waals surface area contributed by atoms with Gasteiger partial charge in [0.05, 0.1) is 17.8 Å². The molecule has 8 nitrogen and oxygen atoms in total. The molecule has 3 heterocycles. The predicted molar refractivity (Wildman–Crippen MR) is 98.3 cm³/mol. The third kappa shape index (κ3) is 3.64. The molecule has 136 valence electrons. The smallest absolute Gasteiger partial charge is 0.255 e. The van der Waals surface area contributed by atoms with E-state index in [2.05, 4.69) is 25.5 Å². The van der Waals surface area contributed by atoms with Gasteiger partial charge in [0, 0.05) is 12.4 Å². The summed E-state index contributed by atoms with van der Waals surface area (Å²) in [4.78, 5) is 21.1. The van der Waals surface area contributed by atoms with Crippen LogP contribution in [0.1, 0.15) is 27.4 Å². The van der Waals surface area contributed by atoms with Crippen molar-refractivity contribution >= 4 is 11.6 Å². The summed E-state index contributed by atoms with van der Waals surface area (Å²) in [5.41, 5.74) is 3.24. The Balaban J connectivity index is 1.47. The number of fused-ring (bicyclic) bond motifs is 1. The van der Waals surface area contributed by atoms with Crippen LogP contribution in [-0.2, 0) is 13.2 Å². The van der Waals surface area contributed by atoms with Crippen molar-refractivity contribution in [2.75, 3.05) is 0 Å². The van der Waals surface area contributed by atoms with E-state index in [1.54, 1.807) is 18.2 Å². The molecule has 4 rings (SSSR count). The van der Waals surface area contributed by atoms with Crippen molar-refractivity contribution in [2.24, 2.45) is 0 Å². The Kier molecular flexibility index (Phi) is 4.52. The molecule has 0 unspecified atom stereocenters. The molecular weight excluding hydrogens is 344 g/mol. The number of carbonyl (C=O) groups excluding carboxylic acids is 1. The summed E-state index contributed by atoms with van der Waals surface area (Å²) in [5.74, 6) is 0.844. The third-order valence-corrected chi connectivity index (χ3v) is 4.12. The highest BCUT2D eigenvalue weighted by atomic mass is 16.5. The van der Waals surface area contributed by atoms with Gasteiger partial charge in [0.15, 0.2) is 0 Å². The van der Waals surface area contributed by atoms with Crippen LogP contribution in [0, 0.1) is 6.92 Å². The molecule has 8 heteroatoms. The van der Waals surface area contributed by atoms with Gasteiger partial charge in [0.2, 0.25) is 0 Å². The molecule has 1 amide bonds. The lowest BCUT2D eigenvalue weighted by Crippen LogP contribution is -2.24. The largest absolute Gasteiger partial charge is 0.486 e. The van der Waals surface area contributed by atoms with Crippen LogP contribution in [0.25, 0.3) is 5.65 Å². The van der Waals surface area contributed by atoms with Gasteiger partial charge < -0.3 is 14.5 Å². The first kappa shape index (κ1) is 16.8. The van der Waals surface area contributed by atoms with Crippen molar-refractivity contribution in [1.82, 2.24) is 29.9 Å². The van der Waals surface area contributed by atoms with Crippen LogP contribution >= 0.6 is 0 Å². The topological polar surface area (TPSA) is 97.2 Å². The van der Waals surface area contributed by atoms with Gasteiger partial charge in [-0.25, -0.2) is 9.97 Å². The molecule has 0 fully saturated rings. The highest BCUT2D eigenvalue weighted by molar-refractivity contribution is 5.96. The molecule has 0 aliphatic rings. The van der Waals surface area contributed by atoms with Crippen molar-refractivity contribution in [3.63, 3.8) is 0 Å². The molecule has 0 bridgehead atoms. The molecule has 0 saturated carbocycles. The maximum Gasteiger partial charge on any atom is 0.255 e. The quantitative estimate of drug-likeness (QED) is 0.548. The van der Waals surface area contributed by atoms with Gasteiger partial charge in [-0.2, -0.15) is 5.10 Å². The van der Waals surface area contributed by atoms with Gasteiger partial charge in [0.1, 0.15) is 30.2 Å². The molecule has 4 aromatic rings. The summed E-state index contributed by atoms with van der Waals surface area (Å²) in [6.45, 7) is 2.55. The lowest BCUT2D eigenvalue weighted by Gasteiger charge is -2.10. The van der Waals surface area contributed by atoms with Crippen LogP contribution in [0.2, 0.25) is 0 Å². The lowest BCUT2D eigenvalue weighted by molar-refractivity contribution is 0.0945. The number of amides is 1. The number of H-pyrrole nitrogens is 1. The molecule has 0 aliphatic heterocycles. The molecule has 0 aliphatic carbocycles. The van der Waals surface area contributed by atoms with E-state index in [1.807, 2.05) is 41.9 Å². The van der Waals surface area contributed by atoms with Crippen molar-refractivity contribution in [3.05, 3.63) is 77.8 Å². The lowest BCUT2D eigenvalue weighted by atomic mass is 10.2. The number of pyridine rings is 1. The summed E-state index contributed by atoms with van der Waals surface area (Å²) in [5, 5.41) is 9.26. The maximum absolute atomic E-state index is 12.5. The van der Waals surface area contributed by atoms with Crippen LogP contribution in [0.15, 0.2) is 55.1 Å². The van der Waals surface area contributed by atoms with E-state index >= 15 is 0 Å². The Hall–Kier alpha value is -3.68. The number of aromatic nitrogens is 5. The van der Waals surface area contributed by atoms with E-state index in [-0.39, 0.29) is 19.1 Å². The van der Waals surface area contributed by atoms with Crippen LogP contribution in [0.5, 0.6) is 5.75 Å². The first-order valence-electron chi connectivity index (χ1n) is 8.48. The molecule has 2 N–H and O–H groups in total. The SMILES string of the molecule is Cc1cccn2cc(COc3ccccc3C(=O)NCc3ncn[nH]3)nc12. The molecule has 3 aromatic heterocycles. The monoisotopic (exact) mass is 362 g/mol. The summed E-state index contributed by atoms with van der Waals surface area (Å²) in [6, 6.07) is 11.1. The number of hydrogen-bond donors (Lipinski definition) is 2. The second kappa shape index (κ2) is 7.28. The Morgan fingerprint density at radius 2 is 2.15 bits per heavy atom. The van der Waals surface area contributed by atoms with Crippen LogP contribution < -0.4 is 10.1 Å². The fraction of sp³-hybridized carbons (Fsp3) is 0.158. The van der Waals surface area contributed by atoms with Gasteiger partial charge in [-0.3, -0.25) is 9.89 Å². The third-order valence-electron chi connectivity index (χ3n) is 4.12. The van der Waals surface area contributed by atoms with Gasteiger partial charge in [-0.15, -0.1) is 0 Å². The summed E-state index contributed by atoms with van der Waals surface area (Å²) in [6.07, 6.45) is 5.27. The van der Waals surface area contributed by atoms with E-state index in [0.717, 1.165) is 16.9 Å². The number of ether oxygens (including phenoxy) is 1. The zero-order chi connectivity index (χ0) is 18.6. The molecule has 0 atom stereocenters. The number of aryl methyl sites for hydroxylation is 1. The average Bonchev–Trinajstić information content (AvgIpc) is 3.35. The number of carbonyl (C=O) groups is 1. The van der Waals surface area contributed by atoms with E-state index in [1.165, 1.54) is 6.33 Å². The van der Waals surface area contributed by atoms with Gasteiger partial charge >= 0.3 is 0 Å². The Morgan fingerprint density at radius 3 is 2.96 bits per heavy atom. The number of para-hydroxylation sites is 1. The van der Waals surface area contributed by atoms with Gasteiger partial charge in [-0.05, 0) is 30.7 Å². The minimum Gasteiger partial charge on any atom is -0.486 e. The van der Waals surface area contributed by atoms with Gasteiger partial charge in [0.25, 0.3) is 5.91 Å². The summed E-state index contributed by atoms with van der Waals surface area (Å²) in [7, 11) is 0. The molecule has 0 radical (unpaired) electrons. The van der Waals surface area contributed by atoms with E-state index < -0.39 is 0 Å². The first-order chi connectivity index (χ1) is 13.2. The first-order valence-corrected chi connectivity index (χ1v) is 8.48. The average molecular weight is 362 g/mol. The van der Waals surface area contributed by atoms with Crippen molar-refractivity contribution < 1.29 is 9.53 Å². The number of nitrogens with zero attached hydrogens (tertiary/aromatic N) is 4. The number of imidazole rings is 1. The Labute approximate surface area is 155 Å². The van der Waals surface area contributed by atoms with Crippen molar-refractivity contribution in [1.29, 1.82) is 0 Å². The van der Waals surface area contributed by atoms with Crippen LogP contribution in [0.3, 0.4) is 0 Å². The minimum atomic E-state index is -0.243. The minimum absolute atomic E-state index is 0.243. The highest BCUT2D eigenvalue weighted by Gasteiger charge is 2.13. The zero-order valence-corrected chi connectivity index (χ0v) is 14.7. The Morgan fingerprint density at radius 1 is 1.26 bits per heavy atom. The molecule has 0 spiro atoms. The molecular formula is C19H18N6O2. The maximum atomic E-state index is 12.5. The van der Waals surface area contributed by atoms with Crippen molar-refractivity contribution in [3.8, 4) is 5.75 Å². The molecule has 1 aromatic carbocycles. The molecule has 0 saturated heterocycles. The number of aromatic amines is 1. The van der Waals surface area contributed by atoms with Crippen LogP contribution in [-0.4, -0.2) is 30.5 Å². The van der Waals surface area contributed by atoms with E-state index in [4.69, 9.17) is 4.74 Å². The predicted octanol–water partition coefficient (Wildman–Crippen LogP) is 2.27. The Bertz CT molecular complexity index is 1070. The van der Waals surface area contributed by atoms with Gasteiger partial charge in [-0.1, -0.05) is 18.2 Å². The fourth-order valence-corrected chi connectivity index (χ4v) is 2.78. The second-order valence-electron chi connectivity index (χ2n) is 6.05. The van der Waals surface area contributed by atoms with Crippen LogP contribution in [0.4, 0.5) is 0 Å². The molecule has 27 heavy (non-hydrogen) atoms. The summed E-state index contributed by atoms with van der Waals surface area (Å²) < 4.78 is 7.84. The second-order valence-corrected chi connectivity index (χ2v) is 6.05. The summed E-state index contributed by atoms with van der Waals surface area (Å²) >= 11 is 0.